The first-order valence-electron chi connectivity index (χ1n) is 13.1. The lowest BCUT2D eigenvalue weighted by atomic mass is 10.0. The van der Waals surface area contributed by atoms with Crippen LogP contribution in [0.15, 0.2) is 142 Å². The second-order valence-corrected chi connectivity index (χ2v) is 12.6. The largest absolute Gasteiger partial charge is 0.456 e. The molecule has 40 heavy (non-hydrogen) atoms. The number of furan rings is 2. The first kappa shape index (κ1) is 23.0. The van der Waals surface area contributed by atoms with Gasteiger partial charge in [0.05, 0.1) is 0 Å². The van der Waals surface area contributed by atoms with Crippen LogP contribution in [0.25, 0.3) is 55.1 Å². The molecule has 190 valence electrons. The summed E-state index contributed by atoms with van der Waals surface area (Å²) in [5.41, 5.74) is 5.99. The summed E-state index contributed by atoms with van der Waals surface area (Å²) < 4.78 is 27.6. The molecular formula is C35H22NO3P. The minimum Gasteiger partial charge on any atom is -0.456 e. The van der Waals surface area contributed by atoms with E-state index in [0.29, 0.717) is 0 Å². The molecule has 0 amide bonds. The van der Waals surface area contributed by atoms with E-state index in [1.165, 1.54) is 0 Å². The Kier molecular flexibility index (Phi) is 5.07. The summed E-state index contributed by atoms with van der Waals surface area (Å²) in [6.07, 6.45) is 1.78. The highest BCUT2D eigenvalue weighted by molar-refractivity contribution is 7.85. The first-order valence-corrected chi connectivity index (χ1v) is 14.9. The van der Waals surface area contributed by atoms with Crippen LogP contribution in [0.5, 0.6) is 0 Å². The summed E-state index contributed by atoms with van der Waals surface area (Å²) in [5, 5.41) is 5.16. The molecule has 0 saturated carbocycles. The maximum atomic E-state index is 15.3. The lowest BCUT2D eigenvalue weighted by molar-refractivity contribution is 0.592. The van der Waals surface area contributed by atoms with Gasteiger partial charge in [-0.1, -0.05) is 78.9 Å². The van der Waals surface area contributed by atoms with Gasteiger partial charge in [0.2, 0.25) is 0 Å². The molecular weight excluding hydrogens is 513 g/mol. The quantitative estimate of drug-likeness (QED) is 0.213. The average Bonchev–Trinajstić information content (AvgIpc) is 3.59. The number of hydrogen-bond acceptors (Lipinski definition) is 4. The lowest BCUT2D eigenvalue weighted by Gasteiger charge is -2.20. The average molecular weight is 536 g/mol. The Morgan fingerprint density at radius 1 is 0.525 bits per heavy atom. The van der Waals surface area contributed by atoms with Gasteiger partial charge in [-0.25, -0.2) is 0 Å². The monoisotopic (exact) mass is 535 g/mol. The van der Waals surface area contributed by atoms with Crippen LogP contribution in [0.3, 0.4) is 0 Å². The Morgan fingerprint density at radius 2 is 1.12 bits per heavy atom. The van der Waals surface area contributed by atoms with Gasteiger partial charge >= 0.3 is 0 Å². The third-order valence-electron chi connectivity index (χ3n) is 7.61. The molecule has 0 bridgehead atoms. The predicted octanol–water partition coefficient (Wildman–Crippen LogP) is 8.19. The minimum absolute atomic E-state index is 0.720. The van der Waals surface area contributed by atoms with Gasteiger partial charge in [0.1, 0.15) is 22.3 Å². The van der Waals surface area contributed by atoms with Crippen molar-refractivity contribution in [2.24, 2.45) is 0 Å². The van der Waals surface area contributed by atoms with Crippen molar-refractivity contribution >= 4 is 67.1 Å². The number of benzene rings is 5. The van der Waals surface area contributed by atoms with Gasteiger partial charge in [-0.2, -0.15) is 0 Å². The highest BCUT2D eigenvalue weighted by Gasteiger charge is 2.32. The van der Waals surface area contributed by atoms with Crippen LogP contribution in [0, 0.1) is 0 Å². The van der Waals surface area contributed by atoms with Crippen molar-refractivity contribution in [2.75, 3.05) is 0 Å². The molecule has 0 spiro atoms. The number of hydrogen-bond donors (Lipinski definition) is 0. The fourth-order valence-corrected chi connectivity index (χ4v) is 8.61. The van der Waals surface area contributed by atoms with Gasteiger partial charge in [-0.15, -0.1) is 0 Å². The van der Waals surface area contributed by atoms with Crippen LogP contribution in [-0.2, 0) is 4.57 Å². The minimum atomic E-state index is -3.21. The van der Waals surface area contributed by atoms with Crippen LogP contribution < -0.4 is 15.9 Å². The predicted molar refractivity (Wildman–Crippen MR) is 164 cm³/mol. The van der Waals surface area contributed by atoms with E-state index >= 15 is 4.57 Å². The highest BCUT2D eigenvalue weighted by atomic mass is 31.2. The van der Waals surface area contributed by atoms with Crippen molar-refractivity contribution in [1.82, 2.24) is 4.98 Å². The van der Waals surface area contributed by atoms with Gasteiger partial charge in [0.25, 0.3) is 0 Å². The summed E-state index contributed by atoms with van der Waals surface area (Å²) in [4.78, 5) is 4.54. The summed E-state index contributed by atoms with van der Waals surface area (Å²) in [6, 6.07) is 41.6. The maximum absolute atomic E-state index is 15.3. The third-order valence-corrected chi connectivity index (χ3v) is 10.7. The van der Waals surface area contributed by atoms with E-state index in [-0.39, 0.29) is 0 Å². The SMILES string of the molecule is O=P(c1ccccc1)(c1ccccc1)c1cccc2oc3ccc(-c4ccc5oc6cccnc6c5c4)cc3c12. The zero-order valence-corrected chi connectivity index (χ0v) is 22.2. The maximum Gasteiger partial charge on any atom is 0.171 e. The van der Waals surface area contributed by atoms with Crippen molar-refractivity contribution in [2.45, 2.75) is 0 Å². The summed E-state index contributed by atoms with van der Waals surface area (Å²) in [6.45, 7) is 0. The molecule has 0 aliphatic heterocycles. The Morgan fingerprint density at radius 3 is 1.82 bits per heavy atom. The Labute approximate surface area is 229 Å². The van der Waals surface area contributed by atoms with Crippen molar-refractivity contribution in [1.29, 1.82) is 0 Å². The van der Waals surface area contributed by atoms with E-state index in [1.807, 2.05) is 103 Å². The molecule has 5 heteroatoms. The molecule has 0 saturated heterocycles. The summed E-state index contributed by atoms with van der Waals surface area (Å²) in [5.74, 6) is 0. The van der Waals surface area contributed by atoms with E-state index in [2.05, 4.69) is 29.2 Å². The molecule has 3 aromatic heterocycles. The molecule has 8 rings (SSSR count). The highest BCUT2D eigenvalue weighted by Crippen LogP contribution is 2.46. The smallest absolute Gasteiger partial charge is 0.171 e. The molecule has 0 fully saturated rings. The number of fused-ring (bicyclic) bond motifs is 6. The number of nitrogens with zero attached hydrogens (tertiary/aromatic N) is 1. The Bertz CT molecular complexity index is 2200. The van der Waals surface area contributed by atoms with Gasteiger partial charge in [-0.05, 0) is 59.7 Å². The molecule has 5 aromatic carbocycles. The van der Waals surface area contributed by atoms with Gasteiger partial charge in [0.15, 0.2) is 12.7 Å². The molecule has 0 radical (unpaired) electrons. The topological polar surface area (TPSA) is 56.2 Å². The Balaban J connectivity index is 1.39. The van der Waals surface area contributed by atoms with Crippen LogP contribution in [0.4, 0.5) is 0 Å². The molecule has 0 atom stereocenters. The van der Waals surface area contributed by atoms with Gasteiger partial charge in [-0.3, -0.25) is 4.98 Å². The van der Waals surface area contributed by atoms with Crippen molar-refractivity contribution in [3.05, 3.63) is 134 Å². The second kappa shape index (κ2) is 8.81. The zero-order chi connectivity index (χ0) is 26.7. The zero-order valence-electron chi connectivity index (χ0n) is 21.3. The number of aromatic nitrogens is 1. The van der Waals surface area contributed by atoms with Crippen molar-refractivity contribution in [3.63, 3.8) is 0 Å². The van der Waals surface area contributed by atoms with E-state index in [9.17, 15) is 0 Å². The van der Waals surface area contributed by atoms with Crippen LogP contribution in [-0.4, -0.2) is 4.98 Å². The first-order chi connectivity index (χ1) is 19.7. The van der Waals surface area contributed by atoms with E-state index in [0.717, 1.165) is 71.0 Å². The lowest BCUT2D eigenvalue weighted by Crippen LogP contribution is -2.25. The fraction of sp³-hybridized carbons (Fsp3) is 0. The normalized spacial score (nSPS) is 12.1. The molecule has 4 nitrogen and oxygen atoms in total. The molecule has 0 aliphatic carbocycles. The molecule has 0 unspecified atom stereocenters. The van der Waals surface area contributed by atoms with Gasteiger partial charge < -0.3 is 13.4 Å². The van der Waals surface area contributed by atoms with Crippen LogP contribution in [0.1, 0.15) is 0 Å². The fourth-order valence-electron chi connectivity index (χ4n) is 5.73. The molecule has 0 N–H and O–H groups in total. The third kappa shape index (κ3) is 3.40. The summed E-state index contributed by atoms with van der Waals surface area (Å²) in [7, 11) is -3.21. The van der Waals surface area contributed by atoms with E-state index in [1.54, 1.807) is 6.20 Å². The molecule has 3 heterocycles. The number of rotatable bonds is 4. The van der Waals surface area contributed by atoms with Crippen molar-refractivity contribution < 1.29 is 13.4 Å². The van der Waals surface area contributed by atoms with Gasteiger partial charge in [0, 0.05) is 38.3 Å². The van der Waals surface area contributed by atoms with E-state index < -0.39 is 7.14 Å². The van der Waals surface area contributed by atoms with Crippen LogP contribution in [0.2, 0.25) is 0 Å². The summed E-state index contributed by atoms with van der Waals surface area (Å²) >= 11 is 0. The van der Waals surface area contributed by atoms with Crippen molar-refractivity contribution in [3.8, 4) is 11.1 Å². The second-order valence-electron chi connectivity index (χ2n) is 9.91. The van der Waals surface area contributed by atoms with Crippen LogP contribution >= 0.6 is 7.14 Å². The van der Waals surface area contributed by atoms with E-state index in [4.69, 9.17) is 8.83 Å². The Hall–Kier alpha value is -4.92. The standard InChI is InChI=1S/C35H22NO3P/c37-40(25-9-3-1-4-10-25,26-11-5-2-6-12-26)33-15-7-13-31-34(33)27-21-23(16-18-29(27)38-31)24-17-19-30-28(22-24)35-32(39-30)14-8-20-36-35/h1-22H. The number of pyridine rings is 1. The molecule has 8 aromatic rings. The molecule has 0 aliphatic rings.